The number of aryl methyl sites for hydroxylation is 1. The lowest BCUT2D eigenvalue weighted by Gasteiger charge is -2.06. The van der Waals surface area contributed by atoms with Crippen LogP contribution in [0.3, 0.4) is 0 Å². The van der Waals surface area contributed by atoms with Gasteiger partial charge in [-0.05, 0) is 31.2 Å². The van der Waals surface area contributed by atoms with Gasteiger partial charge in [-0.25, -0.2) is 0 Å². The Morgan fingerprint density at radius 3 is 2.94 bits per heavy atom. The summed E-state index contributed by atoms with van der Waals surface area (Å²) < 4.78 is 0. The first kappa shape index (κ1) is 11.7. The van der Waals surface area contributed by atoms with Crippen LogP contribution in [0.4, 0.5) is 0 Å². The topological polar surface area (TPSA) is 12.9 Å². The molecule has 16 heavy (non-hydrogen) atoms. The number of thioether (sulfide) groups is 1. The van der Waals surface area contributed by atoms with Crippen molar-refractivity contribution < 1.29 is 0 Å². The molecule has 0 aliphatic rings. The number of halogens is 1. The number of rotatable bonds is 4. The van der Waals surface area contributed by atoms with Crippen molar-refractivity contribution in [1.82, 2.24) is 4.98 Å². The molecule has 2 rings (SSSR count). The number of pyridine rings is 1. The lowest BCUT2D eigenvalue weighted by molar-refractivity contribution is 1.11. The molecule has 1 aromatic heterocycles. The van der Waals surface area contributed by atoms with Gasteiger partial charge in [0, 0.05) is 21.9 Å². The van der Waals surface area contributed by atoms with Crippen LogP contribution in [-0.2, 0) is 0 Å². The molecule has 1 nitrogen and oxygen atoms in total. The largest absolute Gasteiger partial charge is 0.253 e. The molecule has 0 saturated heterocycles. The number of fused-ring (bicyclic) bond motifs is 1. The minimum absolute atomic E-state index is 0.731. The van der Waals surface area contributed by atoms with Gasteiger partial charge in [0.2, 0.25) is 0 Å². The molecule has 0 spiro atoms. The molecule has 0 N–H and O–H groups in total. The van der Waals surface area contributed by atoms with Crippen molar-refractivity contribution in [3.8, 4) is 0 Å². The van der Waals surface area contributed by atoms with Crippen LogP contribution in [0.2, 0.25) is 0 Å². The van der Waals surface area contributed by atoms with E-state index < -0.39 is 0 Å². The van der Waals surface area contributed by atoms with E-state index in [1.165, 1.54) is 10.3 Å². The molecule has 1 heterocycles. The van der Waals surface area contributed by atoms with Crippen molar-refractivity contribution in [3.63, 3.8) is 0 Å². The second kappa shape index (κ2) is 5.55. The predicted molar refractivity (Wildman–Crippen MR) is 72.5 cm³/mol. The first-order chi connectivity index (χ1) is 7.81. The van der Waals surface area contributed by atoms with Crippen molar-refractivity contribution in [2.75, 3.05) is 11.6 Å². The second-order valence-electron chi connectivity index (χ2n) is 3.67. The SMILES string of the molecule is Cc1cc(SCCCCl)c2ccccc2n1. The molecule has 0 unspecified atom stereocenters. The van der Waals surface area contributed by atoms with Gasteiger partial charge in [0.1, 0.15) is 0 Å². The van der Waals surface area contributed by atoms with Crippen LogP contribution >= 0.6 is 23.4 Å². The molecule has 2 aromatic rings. The highest BCUT2D eigenvalue weighted by atomic mass is 35.5. The molecule has 3 heteroatoms. The number of aromatic nitrogens is 1. The number of para-hydroxylation sites is 1. The maximum absolute atomic E-state index is 5.69. The van der Waals surface area contributed by atoms with Gasteiger partial charge in [-0.2, -0.15) is 0 Å². The average molecular weight is 252 g/mol. The quantitative estimate of drug-likeness (QED) is 0.457. The summed E-state index contributed by atoms with van der Waals surface area (Å²) in [7, 11) is 0. The lowest BCUT2D eigenvalue weighted by atomic mass is 10.2. The third-order valence-electron chi connectivity index (χ3n) is 2.34. The van der Waals surface area contributed by atoms with Crippen molar-refractivity contribution in [3.05, 3.63) is 36.0 Å². The summed E-state index contributed by atoms with van der Waals surface area (Å²) in [5, 5.41) is 1.24. The molecule has 0 amide bonds. The Morgan fingerprint density at radius 2 is 2.12 bits per heavy atom. The Labute approximate surface area is 105 Å². The van der Waals surface area contributed by atoms with E-state index in [0.29, 0.717) is 0 Å². The first-order valence-corrected chi connectivity index (χ1v) is 6.88. The zero-order chi connectivity index (χ0) is 11.4. The Balaban J connectivity index is 2.34. The van der Waals surface area contributed by atoms with Crippen LogP contribution in [0, 0.1) is 6.92 Å². The molecule has 0 aliphatic heterocycles. The number of hydrogen-bond donors (Lipinski definition) is 0. The molecule has 0 bridgehead atoms. The number of alkyl halides is 1. The standard InChI is InChI=1S/C13H14ClNS/c1-10-9-13(16-8-4-7-14)11-5-2-3-6-12(11)15-10/h2-3,5-6,9H,4,7-8H2,1H3. The van der Waals surface area contributed by atoms with Gasteiger partial charge in [0.25, 0.3) is 0 Å². The minimum atomic E-state index is 0.731. The second-order valence-corrected chi connectivity index (χ2v) is 5.18. The molecular formula is C13H14ClNS. The van der Waals surface area contributed by atoms with Crippen molar-refractivity contribution in [1.29, 1.82) is 0 Å². The van der Waals surface area contributed by atoms with Crippen molar-refractivity contribution >= 4 is 34.3 Å². The molecule has 84 valence electrons. The molecule has 1 aromatic carbocycles. The Hall–Kier alpha value is -0.730. The maximum atomic E-state index is 5.69. The minimum Gasteiger partial charge on any atom is -0.253 e. The van der Waals surface area contributed by atoms with Gasteiger partial charge in [0.05, 0.1) is 5.52 Å². The number of nitrogens with zero attached hydrogens (tertiary/aromatic N) is 1. The summed E-state index contributed by atoms with van der Waals surface area (Å²) in [5.41, 5.74) is 2.16. The summed E-state index contributed by atoms with van der Waals surface area (Å²) in [4.78, 5) is 5.84. The van der Waals surface area contributed by atoms with Crippen LogP contribution in [0.5, 0.6) is 0 Å². The molecule has 0 radical (unpaired) electrons. The van der Waals surface area contributed by atoms with Gasteiger partial charge in [-0.3, -0.25) is 4.98 Å². The monoisotopic (exact) mass is 251 g/mol. The fourth-order valence-corrected chi connectivity index (χ4v) is 3.01. The lowest BCUT2D eigenvalue weighted by Crippen LogP contribution is -1.88. The normalized spacial score (nSPS) is 10.9. The Kier molecular flexibility index (Phi) is 4.08. The smallest absolute Gasteiger partial charge is 0.0716 e. The van der Waals surface area contributed by atoms with E-state index in [4.69, 9.17) is 11.6 Å². The van der Waals surface area contributed by atoms with Gasteiger partial charge in [0.15, 0.2) is 0 Å². The van der Waals surface area contributed by atoms with E-state index in [-0.39, 0.29) is 0 Å². The fourth-order valence-electron chi connectivity index (χ4n) is 1.63. The van der Waals surface area contributed by atoms with Gasteiger partial charge in [-0.1, -0.05) is 18.2 Å². The van der Waals surface area contributed by atoms with Crippen LogP contribution in [0.15, 0.2) is 35.2 Å². The highest BCUT2D eigenvalue weighted by Gasteiger charge is 2.03. The number of hydrogen-bond acceptors (Lipinski definition) is 2. The summed E-state index contributed by atoms with van der Waals surface area (Å²) in [5.74, 6) is 1.80. The maximum Gasteiger partial charge on any atom is 0.0716 e. The molecule has 0 aliphatic carbocycles. The highest BCUT2D eigenvalue weighted by molar-refractivity contribution is 7.99. The van der Waals surface area contributed by atoms with Gasteiger partial charge in [-0.15, -0.1) is 23.4 Å². The summed E-state index contributed by atoms with van der Waals surface area (Å²) >= 11 is 7.56. The summed E-state index contributed by atoms with van der Waals surface area (Å²) in [6.45, 7) is 2.04. The van der Waals surface area contributed by atoms with Gasteiger partial charge < -0.3 is 0 Å². The zero-order valence-electron chi connectivity index (χ0n) is 9.24. The van der Waals surface area contributed by atoms with Crippen LogP contribution in [-0.4, -0.2) is 16.6 Å². The van der Waals surface area contributed by atoms with E-state index in [0.717, 1.165) is 29.3 Å². The summed E-state index contributed by atoms with van der Waals surface area (Å²) in [6.07, 6.45) is 1.04. The molecule has 0 atom stereocenters. The van der Waals surface area contributed by atoms with E-state index >= 15 is 0 Å². The van der Waals surface area contributed by atoms with Crippen molar-refractivity contribution in [2.45, 2.75) is 18.2 Å². The van der Waals surface area contributed by atoms with Crippen molar-refractivity contribution in [2.24, 2.45) is 0 Å². The summed E-state index contributed by atoms with van der Waals surface area (Å²) in [6, 6.07) is 10.4. The van der Waals surface area contributed by atoms with Crippen LogP contribution < -0.4 is 0 Å². The molecular weight excluding hydrogens is 238 g/mol. The Bertz CT molecular complexity index is 484. The molecule has 0 fully saturated rings. The first-order valence-electron chi connectivity index (χ1n) is 5.36. The van der Waals surface area contributed by atoms with E-state index in [1.54, 1.807) is 0 Å². The third kappa shape index (κ3) is 2.69. The molecule has 0 saturated carbocycles. The average Bonchev–Trinajstić information content (AvgIpc) is 2.29. The van der Waals surface area contributed by atoms with Gasteiger partial charge >= 0.3 is 0 Å². The zero-order valence-corrected chi connectivity index (χ0v) is 10.8. The van der Waals surface area contributed by atoms with Crippen LogP contribution in [0.1, 0.15) is 12.1 Å². The van der Waals surface area contributed by atoms with Crippen LogP contribution in [0.25, 0.3) is 10.9 Å². The Morgan fingerprint density at radius 1 is 1.31 bits per heavy atom. The third-order valence-corrected chi connectivity index (χ3v) is 3.75. The predicted octanol–water partition coefficient (Wildman–Crippen LogP) is 4.26. The van der Waals surface area contributed by atoms with E-state index in [2.05, 4.69) is 29.2 Å². The van der Waals surface area contributed by atoms with E-state index in [9.17, 15) is 0 Å². The van der Waals surface area contributed by atoms with E-state index in [1.807, 2.05) is 24.8 Å². The fraction of sp³-hybridized carbons (Fsp3) is 0.308. The number of benzene rings is 1. The highest BCUT2D eigenvalue weighted by Crippen LogP contribution is 2.28.